The molecule has 0 amide bonds. The smallest absolute Gasteiger partial charge is 0.109 e. The zero-order chi connectivity index (χ0) is 11.1. The zero-order valence-electron chi connectivity index (χ0n) is 9.47. The Labute approximate surface area is 99.6 Å². The standard InChI is InChI=1S/C12H17BrN2/c1-8-6-10(7-14-11(8)13)15-9(2)12(3)4-5-12/h6-7,9,15H,4-5H2,1-3H3. The van der Waals surface area contributed by atoms with Crippen molar-refractivity contribution in [1.82, 2.24) is 4.98 Å². The molecule has 1 unspecified atom stereocenters. The van der Waals surface area contributed by atoms with Crippen LogP contribution in [0.1, 0.15) is 32.3 Å². The van der Waals surface area contributed by atoms with Crippen molar-refractivity contribution >= 4 is 21.6 Å². The average Bonchev–Trinajstić information content (AvgIpc) is 2.92. The molecule has 1 aromatic rings. The Balaban J connectivity index is 2.07. The molecule has 1 heterocycles. The molecule has 0 spiro atoms. The molecule has 1 aromatic heterocycles. The second-order valence-corrected chi connectivity index (χ2v) is 5.60. The molecule has 15 heavy (non-hydrogen) atoms. The third kappa shape index (κ3) is 2.33. The number of aromatic nitrogens is 1. The highest BCUT2D eigenvalue weighted by molar-refractivity contribution is 9.10. The summed E-state index contributed by atoms with van der Waals surface area (Å²) in [5, 5.41) is 3.53. The molecule has 1 saturated carbocycles. The van der Waals surface area contributed by atoms with Gasteiger partial charge in [0.1, 0.15) is 4.60 Å². The lowest BCUT2D eigenvalue weighted by Gasteiger charge is -2.21. The number of nitrogens with one attached hydrogen (secondary N) is 1. The van der Waals surface area contributed by atoms with Crippen molar-refractivity contribution in [2.45, 2.75) is 39.7 Å². The molecular weight excluding hydrogens is 252 g/mol. The first-order valence-corrected chi connectivity index (χ1v) is 6.19. The minimum absolute atomic E-state index is 0.501. The highest BCUT2D eigenvalue weighted by Gasteiger charge is 2.42. The van der Waals surface area contributed by atoms with E-state index in [2.05, 4.69) is 53.1 Å². The second kappa shape index (κ2) is 3.78. The maximum atomic E-state index is 4.29. The van der Waals surface area contributed by atoms with Gasteiger partial charge >= 0.3 is 0 Å². The van der Waals surface area contributed by atoms with Gasteiger partial charge in [-0.3, -0.25) is 0 Å². The number of hydrogen-bond donors (Lipinski definition) is 1. The fraction of sp³-hybridized carbons (Fsp3) is 0.583. The van der Waals surface area contributed by atoms with Crippen molar-refractivity contribution in [3.05, 3.63) is 22.4 Å². The van der Waals surface area contributed by atoms with Gasteiger partial charge in [0.05, 0.1) is 11.9 Å². The van der Waals surface area contributed by atoms with E-state index < -0.39 is 0 Å². The summed E-state index contributed by atoms with van der Waals surface area (Å²) in [4.78, 5) is 4.29. The van der Waals surface area contributed by atoms with Crippen molar-refractivity contribution in [1.29, 1.82) is 0 Å². The van der Waals surface area contributed by atoms with Gasteiger partial charge in [0.15, 0.2) is 0 Å². The largest absolute Gasteiger partial charge is 0.381 e. The number of halogens is 1. The van der Waals surface area contributed by atoms with Crippen LogP contribution in [0, 0.1) is 12.3 Å². The quantitative estimate of drug-likeness (QED) is 0.845. The number of rotatable bonds is 3. The molecule has 1 fully saturated rings. The van der Waals surface area contributed by atoms with Crippen LogP contribution in [0.25, 0.3) is 0 Å². The Kier molecular flexibility index (Phi) is 2.75. The molecular formula is C12H17BrN2. The molecule has 1 aliphatic carbocycles. The Morgan fingerprint density at radius 3 is 2.73 bits per heavy atom. The van der Waals surface area contributed by atoms with Crippen molar-refractivity contribution in [2.75, 3.05) is 5.32 Å². The fourth-order valence-electron chi connectivity index (χ4n) is 1.69. The summed E-state index contributed by atoms with van der Waals surface area (Å²) in [6.45, 7) is 6.65. The van der Waals surface area contributed by atoms with Crippen LogP contribution >= 0.6 is 15.9 Å². The Hall–Kier alpha value is -0.570. The van der Waals surface area contributed by atoms with Gasteiger partial charge in [-0.2, -0.15) is 0 Å². The number of anilines is 1. The fourth-order valence-corrected chi connectivity index (χ4v) is 1.91. The molecule has 0 radical (unpaired) electrons. The first kappa shape index (κ1) is 10.9. The Morgan fingerprint density at radius 1 is 1.53 bits per heavy atom. The maximum Gasteiger partial charge on any atom is 0.109 e. The van der Waals surface area contributed by atoms with Crippen LogP contribution in [-0.2, 0) is 0 Å². The number of nitrogens with zero attached hydrogens (tertiary/aromatic N) is 1. The van der Waals surface area contributed by atoms with Crippen LogP contribution < -0.4 is 5.32 Å². The van der Waals surface area contributed by atoms with Crippen LogP contribution in [0.3, 0.4) is 0 Å². The molecule has 2 nitrogen and oxygen atoms in total. The van der Waals surface area contributed by atoms with Crippen molar-refractivity contribution in [3.63, 3.8) is 0 Å². The Morgan fingerprint density at radius 2 is 2.20 bits per heavy atom. The Bertz CT molecular complexity index is 372. The highest BCUT2D eigenvalue weighted by Crippen LogP contribution is 2.48. The van der Waals surface area contributed by atoms with Crippen LogP contribution in [0.4, 0.5) is 5.69 Å². The van der Waals surface area contributed by atoms with Gasteiger partial charge in [-0.25, -0.2) is 4.98 Å². The van der Waals surface area contributed by atoms with E-state index in [0.29, 0.717) is 11.5 Å². The molecule has 1 aliphatic rings. The summed E-state index contributed by atoms with van der Waals surface area (Å²) in [6, 6.07) is 2.67. The normalized spacial score (nSPS) is 19.7. The molecule has 1 N–H and O–H groups in total. The van der Waals surface area contributed by atoms with E-state index >= 15 is 0 Å². The van der Waals surface area contributed by atoms with Gasteiger partial charge in [-0.1, -0.05) is 6.92 Å². The minimum atomic E-state index is 0.501. The maximum absolute atomic E-state index is 4.29. The third-order valence-electron chi connectivity index (χ3n) is 3.48. The van der Waals surface area contributed by atoms with Gasteiger partial charge in [-0.05, 0) is 59.7 Å². The third-order valence-corrected chi connectivity index (χ3v) is 4.31. The number of hydrogen-bond acceptors (Lipinski definition) is 2. The highest BCUT2D eigenvalue weighted by atomic mass is 79.9. The molecule has 0 aromatic carbocycles. The number of aryl methyl sites for hydroxylation is 1. The van der Waals surface area contributed by atoms with Crippen LogP contribution in [0.15, 0.2) is 16.9 Å². The lowest BCUT2D eigenvalue weighted by atomic mass is 10.0. The van der Waals surface area contributed by atoms with Crippen molar-refractivity contribution in [2.24, 2.45) is 5.41 Å². The van der Waals surface area contributed by atoms with E-state index in [1.54, 1.807) is 0 Å². The predicted molar refractivity (Wildman–Crippen MR) is 67.1 cm³/mol. The molecule has 82 valence electrons. The summed E-state index contributed by atoms with van der Waals surface area (Å²) in [6.07, 6.45) is 4.56. The summed E-state index contributed by atoms with van der Waals surface area (Å²) >= 11 is 3.41. The van der Waals surface area contributed by atoms with Crippen molar-refractivity contribution < 1.29 is 0 Å². The van der Waals surface area contributed by atoms with E-state index in [1.165, 1.54) is 18.4 Å². The molecule has 0 bridgehead atoms. The molecule has 2 rings (SSSR count). The van der Waals surface area contributed by atoms with Gasteiger partial charge < -0.3 is 5.32 Å². The monoisotopic (exact) mass is 268 g/mol. The summed E-state index contributed by atoms with van der Waals surface area (Å²) in [7, 11) is 0. The lowest BCUT2D eigenvalue weighted by molar-refractivity contribution is 0.493. The van der Waals surface area contributed by atoms with Gasteiger partial charge in [0, 0.05) is 6.04 Å². The lowest BCUT2D eigenvalue weighted by Crippen LogP contribution is -2.24. The summed E-state index contributed by atoms with van der Waals surface area (Å²) < 4.78 is 0.929. The topological polar surface area (TPSA) is 24.9 Å². The summed E-state index contributed by atoms with van der Waals surface area (Å²) in [5.74, 6) is 0. The van der Waals surface area contributed by atoms with Gasteiger partial charge in [0.25, 0.3) is 0 Å². The molecule has 1 atom stereocenters. The second-order valence-electron chi connectivity index (χ2n) is 4.85. The van der Waals surface area contributed by atoms with Crippen LogP contribution in [-0.4, -0.2) is 11.0 Å². The van der Waals surface area contributed by atoms with Crippen LogP contribution in [0.2, 0.25) is 0 Å². The first-order valence-electron chi connectivity index (χ1n) is 5.40. The van der Waals surface area contributed by atoms with Crippen LogP contribution in [0.5, 0.6) is 0 Å². The SMILES string of the molecule is Cc1cc(NC(C)C2(C)CC2)cnc1Br. The number of pyridine rings is 1. The van der Waals surface area contributed by atoms with Crippen molar-refractivity contribution in [3.8, 4) is 0 Å². The van der Waals surface area contributed by atoms with E-state index in [9.17, 15) is 0 Å². The predicted octanol–water partition coefficient (Wildman–Crippen LogP) is 3.75. The average molecular weight is 269 g/mol. The van der Waals surface area contributed by atoms with Gasteiger partial charge in [-0.15, -0.1) is 0 Å². The zero-order valence-corrected chi connectivity index (χ0v) is 11.1. The molecule has 0 aliphatic heterocycles. The molecule has 3 heteroatoms. The first-order chi connectivity index (χ1) is 7.01. The van der Waals surface area contributed by atoms with E-state index in [1.807, 2.05) is 6.20 Å². The van der Waals surface area contributed by atoms with E-state index in [0.717, 1.165) is 10.3 Å². The van der Waals surface area contributed by atoms with E-state index in [-0.39, 0.29) is 0 Å². The van der Waals surface area contributed by atoms with E-state index in [4.69, 9.17) is 0 Å². The summed E-state index contributed by atoms with van der Waals surface area (Å²) in [5.41, 5.74) is 2.80. The minimum Gasteiger partial charge on any atom is -0.381 e. The van der Waals surface area contributed by atoms with Gasteiger partial charge in [0.2, 0.25) is 0 Å². The molecule has 0 saturated heterocycles.